The first-order valence-corrected chi connectivity index (χ1v) is 6.10. The van der Waals surface area contributed by atoms with Crippen molar-refractivity contribution in [3.8, 4) is 0 Å². The summed E-state index contributed by atoms with van der Waals surface area (Å²) in [6.07, 6.45) is 3.48. The molecule has 1 atom stereocenters. The van der Waals surface area contributed by atoms with Gasteiger partial charge in [0.15, 0.2) is 0 Å². The monoisotopic (exact) mass is 259 g/mol. The highest BCUT2D eigenvalue weighted by Crippen LogP contribution is 2.21. The Balaban J connectivity index is 2.11. The molecule has 0 fully saturated rings. The first-order valence-electron chi connectivity index (χ1n) is 6.10. The fourth-order valence-electron chi connectivity index (χ4n) is 1.91. The second kappa shape index (κ2) is 6.15. The number of methoxy groups -OCH3 is 1. The number of nitrogens with one attached hydrogen (secondary N) is 2. The highest BCUT2D eigenvalue weighted by atomic mass is 16.5. The van der Waals surface area contributed by atoms with Gasteiger partial charge in [0.25, 0.3) is 0 Å². The summed E-state index contributed by atoms with van der Waals surface area (Å²) in [7, 11) is 1.60. The first-order chi connectivity index (χ1) is 9.20. The van der Waals surface area contributed by atoms with Crippen molar-refractivity contribution in [2.45, 2.75) is 13.0 Å². The van der Waals surface area contributed by atoms with Crippen molar-refractivity contribution in [1.82, 2.24) is 10.3 Å². The minimum absolute atomic E-state index is 0.0401. The number of amides is 2. The largest absolute Gasteiger partial charge is 0.383 e. The number of carbonyl (C=O) groups excluding carboxylic acids is 1. The van der Waals surface area contributed by atoms with E-state index in [9.17, 15) is 4.79 Å². The van der Waals surface area contributed by atoms with Crippen LogP contribution in [0.2, 0.25) is 0 Å². The molecule has 0 saturated carbocycles. The van der Waals surface area contributed by atoms with Crippen molar-refractivity contribution in [2.75, 3.05) is 19.0 Å². The quantitative estimate of drug-likeness (QED) is 0.886. The summed E-state index contributed by atoms with van der Waals surface area (Å²) in [6.45, 7) is 2.36. The minimum Gasteiger partial charge on any atom is -0.383 e. The lowest BCUT2D eigenvalue weighted by atomic mass is 10.1. The molecule has 1 heterocycles. The van der Waals surface area contributed by atoms with Crippen LogP contribution in [-0.4, -0.2) is 30.8 Å². The number of hydrogen-bond acceptors (Lipinski definition) is 3. The van der Waals surface area contributed by atoms with Crippen LogP contribution in [0.5, 0.6) is 0 Å². The van der Waals surface area contributed by atoms with Gasteiger partial charge in [-0.2, -0.15) is 0 Å². The van der Waals surface area contributed by atoms with Crippen LogP contribution in [0.3, 0.4) is 0 Å². The zero-order valence-corrected chi connectivity index (χ0v) is 11.0. The number of urea groups is 1. The molecule has 2 N–H and O–H groups in total. The fourth-order valence-corrected chi connectivity index (χ4v) is 1.91. The van der Waals surface area contributed by atoms with E-state index in [4.69, 9.17) is 4.74 Å². The molecule has 2 aromatic rings. The standard InChI is InChI=1S/C14H17N3O2/c1-10(9-19-2)16-14(18)17-13-5-3-4-11-8-15-7-6-12(11)13/h3-8,10H,9H2,1-2H3,(H2,16,17,18)/t10-/m0/s1. The predicted molar refractivity (Wildman–Crippen MR) is 75.2 cm³/mol. The molecule has 0 bridgehead atoms. The predicted octanol–water partition coefficient (Wildman–Crippen LogP) is 2.39. The molecule has 0 saturated heterocycles. The number of pyridine rings is 1. The summed E-state index contributed by atoms with van der Waals surface area (Å²) >= 11 is 0. The molecular weight excluding hydrogens is 242 g/mol. The van der Waals surface area contributed by atoms with E-state index in [2.05, 4.69) is 15.6 Å². The van der Waals surface area contributed by atoms with Crippen molar-refractivity contribution in [2.24, 2.45) is 0 Å². The summed E-state index contributed by atoms with van der Waals surface area (Å²) in [5.41, 5.74) is 0.766. The number of anilines is 1. The molecule has 19 heavy (non-hydrogen) atoms. The Kier molecular flexibility index (Phi) is 4.30. The zero-order valence-electron chi connectivity index (χ0n) is 11.0. The van der Waals surface area contributed by atoms with Crippen LogP contribution in [0.1, 0.15) is 6.92 Å². The van der Waals surface area contributed by atoms with Gasteiger partial charge in [-0.3, -0.25) is 4.98 Å². The van der Waals surface area contributed by atoms with Crippen LogP contribution in [0.4, 0.5) is 10.5 Å². The molecule has 2 amide bonds. The highest BCUT2D eigenvalue weighted by molar-refractivity contribution is 6.01. The molecule has 0 spiro atoms. The number of nitrogens with zero attached hydrogens (tertiary/aromatic N) is 1. The van der Waals surface area contributed by atoms with Crippen molar-refractivity contribution in [3.63, 3.8) is 0 Å². The molecule has 5 nitrogen and oxygen atoms in total. The average Bonchev–Trinajstić information content (AvgIpc) is 2.39. The number of carbonyl (C=O) groups is 1. The van der Waals surface area contributed by atoms with Gasteiger partial charge in [-0.25, -0.2) is 4.79 Å². The van der Waals surface area contributed by atoms with E-state index in [0.717, 1.165) is 16.5 Å². The van der Waals surface area contributed by atoms with E-state index in [0.29, 0.717) is 6.61 Å². The summed E-state index contributed by atoms with van der Waals surface area (Å²) in [6, 6.07) is 7.30. The van der Waals surface area contributed by atoms with Crippen LogP contribution < -0.4 is 10.6 Å². The molecule has 0 unspecified atom stereocenters. The number of fused-ring (bicyclic) bond motifs is 1. The zero-order chi connectivity index (χ0) is 13.7. The Bertz CT molecular complexity index is 566. The van der Waals surface area contributed by atoms with E-state index in [-0.39, 0.29) is 12.1 Å². The SMILES string of the molecule is COC[C@H](C)NC(=O)Nc1cccc2cnccc12. The van der Waals surface area contributed by atoms with Crippen LogP contribution in [0.15, 0.2) is 36.7 Å². The van der Waals surface area contributed by atoms with Gasteiger partial charge in [-0.15, -0.1) is 0 Å². The van der Waals surface area contributed by atoms with Crippen molar-refractivity contribution in [1.29, 1.82) is 0 Å². The number of benzene rings is 1. The number of ether oxygens (including phenoxy) is 1. The minimum atomic E-state index is -0.242. The maximum Gasteiger partial charge on any atom is 0.319 e. The Morgan fingerprint density at radius 3 is 3.05 bits per heavy atom. The van der Waals surface area contributed by atoms with Crippen LogP contribution in [0.25, 0.3) is 10.8 Å². The Morgan fingerprint density at radius 1 is 1.42 bits per heavy atom. The van der Waals surface area contributed by atoms with Crippen molar-refractivity contribution in [3.05, 3.63) is 36.7 Å². The van der Waals surface area contributed by atoms with Gasteiger partial charge >= 0.3 is 6.03 Å². The fraction of sp³-hybridized carbons (Fsp3) is 0.286. The molecule has 0 radical (unpaired) electrons. The molecular formula is C14H17N3O2. The van der Waals surface area contributed by atoms with Gasteiger partial charge in [0.1, 0.15) is 0 Å². The normalized spacial score (nSPS) is 12.1. The van der Waals surface area contributed by atoms with E-state index >= 15 is 0 Å². The van der Waals surface area contributed by atoms with Gasteiger partial charge < -0.3 is 15.4 Å². The third-order valence-electron chi connectivity index (χ3n) is 2.72. The molecule has 100 valence electrons. The van der Waals surface area contributed by atoms with Gasteiger partial charge in [0.2, 0.25) is 0 Å². The molecule has 5 heteroatoms. The van der Waals surface area contributed by atoms with Crippen LogP contribution >= 0.6 is 0 Å². The average molecular weight is 259 g/mol. The molecule has 0 aliphatic heterocycles. The van der Waals surface area contributed by atoms with Crippen LogP contribution in [-0.2, 0) is 4.74 Å². The number of rotatable bonds is 4. The van der Waals surface area contributed by atoms with Gasteiger partial charge in [0, 0.05) is 30.3 Å². The smallest absolute Gasteiger partial charge is 0.319 e. The van der Waals surface area contributed by atoms with Gasteiger partial charge in [0.05, 0.1) is 18.3 Å². The van der Waals surface area contributed by atoms with E-state index < -0.39 is 0 Å². The second-order valence-corrected chi connectivity index (χ2v) is 4.36. The Hall–Kier alpha value is -2.14. The topological polar surface area (TPSA) is 63.2 Å². The molecule has 0 aliphatic carbocycles. The van der Waals surface area contributed by atoms with E-state index in [1.165, 1.54) is 0 Å². The number of aromatic nitrogens is 1. The summed E-state index contributed by atoms with van der Waals surface area (Å²) < 4.78 is 4.97. The van der Waals surface area contributed by atoms with Crippen molar-refractivity contribution < 1.29 is 9.53 Å². The maximum atomic E-state index is 11.8. The Labute approximate surface area is 112 Å². The lowest BCUT2D eigenvalue weighted by molar-refractivity contribution is 0.173. The summed E-state index contributed by atoms with van der Waals surface area (Å²) in [4.78, 5) is 15.9. The van der Waals surface area contributed by atoms with E-state index in [1.807, 2.05) is 31.2 Å². The molecule has 1 aromatic carbocycles. The molecule has 2 rings (SSSR count). The molecule has 0 aliphatic rings. The van der Waals surface area contributed by atoms with Crippen molar-refractivity contribution >= 4 is 22.5 Å². The highest BCUT2D eigenvalue weighted by Gasteiger charge is 2.08. The summed E-state index contributed by atoms with van der Waals surface area (Å²) in [5.74, 6) is 0. The van der Waals surface area contributed by atoms with Gasteiger partial charge in [-0.1, -0.05) is 12.1 Å². The second-order valence-electron chi connectivity index (χ2n) is 4.36. The third-order valence-corrected chi connectivity index (χ3v) is 2.72. The maximum absolute atomic E-state index is 11.8. The van der Waals surface area contributed by atoms with E-state index in [1.54, 1.807) is 19.5 Å². The van der Waals surface area contributed by atoms with Crippen LogP contribution in [0, 0.1) is 0 Å². The molecule has 1 aromatic heterocycles. The number of hydrogen-bond donors (Lipinski definition) is 2. The summed E-state index contributed by atoms with van der Waals surface area (Å²) in [5, 5.41) is 7.60. The lowest BCUT2D eigenvalue weighted by Gasteiger charge is -2.14. The van der Waals surface area contributed by atoms with Gasteiger partial charge in [-0.05, 0) is 19.1 Å². The third kappa shape index (κ3) is 3.42. The Morgan fingerprint density at radius 2 is 2.26 bits per heavy atom. The lowest BCUT2D eigenvalue weighted by Crippen LogP contribution is -2.38. The first kappa shape index (κ1) is 13.3.